The van der Waals surface area contributed by atoms with Gasteiger partial charge in [-0.15, -0.1) is 0 Å². The molecule has 0 aliphatic heterocycles. The summed E-state index contributed by atoms with van der Waals surface area (Å²) in [6.45, 7) is 5.56. The average Bonchev–Trinajstić information content (AvgIpc) is 2.42. The molecule has 0 fully saturated rings. The van der Waals surface area contributed by atoms with Crippen molar-refractivity contribution in [1.29, 1.82) is 0 Å². The maximum absolute atomic E-state index is 12.1. The highest BCUT2D eigenvalue weighted by molar-refractivity contribution is 5.91. The summed E-state index contributed by atoms with van der Waals surface area (Å²) in [6, 6.07) is 10.7. The van der Waals surface area contributed by atoms with E-state index < -0.39 is 5.97 Å². The van der Waals surface area contributed by atoms with Crippen molar-refractivity contribution in [2.75, 3.05) is 0 Å². The molecule has 2 rings (SSSR count). The Morgan fingerprint density at radius 1 is 1.05 bits per heavy atom. The maximum atomic E-state index is 12.1. The van der Waals surface area contributed by atoms with E-state index in [2.05, 4.69) is 0 Å². The highest BCUT2D eigenvalue weighted by Gasteiger charge is 2.13. The van der Waals surface area contributed by atoms with Crippen LogP contribution in [0.1, 0.15) is 37.4 Å². The molecule has 3 nitrogen and oxygen atoms in total. The molecule has 0 N–H and O–H groups in total. The van der Waals surface area contributed by atoms with Gasteiger partial charge in [-0.3, -0.25) is 4.79 Å². The SMILES string of the molecule is Cc1cccc(C(=O)Oc2c(C)cc(C=O)cc2C)c1. The van der Waals surface area contributed by atoms with E-state index >= 15 is 0 Å². The largest absolute Gasteiger partial charge is 0.422 e. The molecule has 0 saturated heterocycles. The fraction of sp³-hybridized carbons (Fsp3) is 0.176. The van der Waals surface area contributed by atoms with Gasteiger partial charge in [0.25, 0.3) is 0 Å². The quantitative estimate of drug-likeness (QED) is 0.485. The van der Waals surface area contributed by atoms with Crippen LogP contribution in [0, 0.1) is 20.8 Å². The Hall–Kier alpha value is -2.42. The van der Waals surface area contributed by atoms with E-state index in [4.69, 9.17) is 4.74 Å². The normalized spacial score (nSPS) is 10.2. The standard InChI is InChI=1S/C17H16O3/c1-11-5-4-6-15(7-11)17(19)20-16-12(2)8-14(10-18)9-13(16)3/h4-10H,1-3H3. The summed E-state index contributed by atoms with van der Waals surface area (Å²) in [5, 5.41) is 0. The number of esters is 1. The van der Waals surface area contributed by atoms with Crippen molar-refractivity contribution in [1.82, 2.24) is 0 Å². The Morgan fingerprint density at radius 2 is 1.70 bits per heavy atom. The minimum atomic E-state index is -0.390. The molecule has 0 aliphatic rings. The zero-order valence-corrected chi connectivity index (χ0v) is 11.8. The second-order valence-electron chi connectivity index (χ2n) is 4.86. The van der Waals surface area contributed by atoms with Crippen LogP contribution in [0.5, 0.6) is 5.75 Å². The number of hydrogen-bond donors (Lipinski definition) is 0. The van der Waals surface area contributed by atoms with E-state index in [9.17, 15) is 9.59 Å². The molecule has 0 bridgehead atoms. The maximum Gasteiger partial charge on any atom is 0.343 e. The van der Waals surface area contributed by atoms with Gasteiger partial charge in [0.1, 0.15) is 12.0 Å². The molecular weight excluding hydrogens is 252 g/mol. The molecule has 0 saturated carbocycles. The number of aldehydes is 1. The van der Waals surface area contributed by atoms with Crippen LogP contribution < -0.4 is 4.74 Å². The molecule has 2 aromatic rings. The summed E-state index contributed by atoms with van der Waals surface area (Å²) in [5.41, 5.74) is 3.64. The van der Waals surface area contributed by atoms with Gasteiger partial charge >= 0.3 is 5.97 Å². The van der Waals surface area contributed by atoms with Gasteiger partial charge in [-0.25, -0.2) is 4.79 Å². The van der Waals surface area contributed by atoms with Gasteiger partial charge in [-0.1, -0.05) is 17.7 Å². The van der Waals surface area contributed by atoms with Gasteiger partial charge in [0.05, 0.1) is 5.56 Å². The molecule has 0 atom stereocenters. The Bertz CT molecular complexity index is 649. The van der Waals surface area contributed by atoms with E-state index in [1.807, 2.05) is 32.9 Å². The molecular formula is C17H16O3. The molecule has 0 aromatic heterocycles. The fourth-order valence-corrected chi connectivity index (χ4v) is 2.14. The smallest absolute Gasteiger partial charge is 0.343 e. The fourth-order valence-electron chi connectivity index (χ4n) is 2.14. The van der Waals surface area contributed by atoms with E-state index in [-0.39, 0.29) is 0 Å². The summed E-state index contributed by atoms with van der Waals surface area (Å²) in [7, 11) is 0. The lowest BCUT2D eigenvalue weighted by Gasteiger charge is -2.11. The molecule has 20 heavy (non-hydrogen) atoms. The van der Waals surface area contributed by atoms with Gasteiger partial charge in [0.15, 0.2) is 0 Å². The van der Waals surface area contributed by atoms with E-state index in [0.717, 1.165) is 23.0 Å². The van der Waals surface area contributed by atoms with Crippen LogP contribution in [0.4, 0.5) is 0 Å². The molecule has 2 aromatic carbocycles. The summed E-state index contributed by atoms with van der Waals surface area (Å²) < 4.78 is 5.46. The van der Waals surface area contributed by atoms with Crippen molar-refractivity contribution < 1.29 is 14.3 Å². The first-order chi connectivity index (χ1) is 9.51. The number of benzene rings is 2. The highest BCUT2D eigenvalue weighted by atomic mass is 16.5. The topological polar surface area (TPSA) is 43.4 Å². The van der Waals surface area contributed by atoms with Gasteiger partial charge in [0, 0.05) is 5.56 Å². The van der Waals surface area contributed by atoms with Crippen LogP contribution in [0.15, 0.2) is 36.4 Å². The van der Waals surface area contributed by atoms with E-state index in [1.165, 1.54) is 0 Å². The molecule has 0 aliphatic carbocycles. The lowest BCUT2D eigenvalue weighted by molar-refractivity contribution is 0.0732. The summed E-state index contributed by atoms with van der Waals surface area (Å²) >= 11 is 0. The van der Waals surface area contributed by atoms with Crippen molar-refractivity contribution in [2.24, 2.45) is 0 Å². The molecule has 3 heteroatoms. The predicted molar refractivity (Wildman–Crippen MR) is 77.4 cm³/mol. The number of carbonyl (C=O) groups excluding carboxylic acids is 2. The molecule has 0 spiro atoms. The first kappa shape index (κ1) is 14.0. The first-order valence-corrected chi connectivity index (χ1v) is 6.36. The first-order valence-electron chi connectivity index (χ1n) is 6.36. The lowest BCUT2D eigenvalue weighted by atomic mass is 10.1. The minimum absolute atomic E-state index is 0.390. The molecule has 0 amide bonds. The van der Waals surface area contributed by atoms with Crippen LogP contribution in [-0.2, 0) is 0 Å². The van der Waals surface area contributed by atoms with Gasteiger partial charge < -0.3 is 4.74 Å². The van der Waals surface area contributed by atoms with Crippen LogP contribution in [0.2, 0.25) is 0 Å². The van der Waals surface area contributed by atoms with Crippen molar-refractivity contribution in [3.63, 3.8) is 0 Å². The number of ether oxygens (including phenoxy) is 1. The zero-order valence-electron chi connectivity index (χ0n) is 11.8. The molecule has 0 heterocycles. The van der Waals surface area contributed by atoms with E-state index in [0.29, 0.717) is 16.9 Å². The third-order valence-electron chi connectivity index (χ3n) is 3.07. The zero-order chi connectivity index (χ0) is 14.7. The van der Waals surface area contributed by atoms with Gasteiger partial charge in [-0.05, 0) is 56.2 Å². The molecule has 0 unspecified atom stereocenters. The Labute approximate surface area is 118 Å². The summed E-state index contributed by atoms with van der Waals surface area (Å²) in [6.07, 6.45) is 0.784. The Kier molecular flexibility index (Phi) is 3.99. The number of carbonyl (C=O) groups is 2. The van der Waals surface area contributed by atoms with Crippen molar-refractivity contribution in [3.8, 4) is 5.75 Å². The lowest BCUT2D eigenvalue weighted by Crippen LogP contribution is -2.10. The number of hydrogen-bond acceptors (Lipinski definition) is 3. The third-order valence-corrected chi connectivity index (χ3v) is 3.07. The second-order valence-corrected chi connectivity index (χ2v) is 4.86. The monoisotopic (exact) mass is 268 g/mol. The van der Waals surface area contributed by atoms with Crippen molar-refractivity contribution in [3.05, 3.63) is 64.2 Å². The van der Waals surface area contributed by atoms with E-state index in [1.54, 1.807) is 24.3 Å². The predicted octanol–water partition coefficient (Wildman–Crippen LogP) is 3.64. The van der Waals surface area contributed by atoms with Crippen LogP contribution in [0.25, 0.3) is 0 Å². The van der Waals surface area contributed by atoms with Crippen molar-refractivity contribution >= 4 is 12.3 Å². The highest BCUT2D eigenvalue weighted by Crippen LogP contribution is 2.25. The summed E-state index contributed by atoms with van der Waals surface area (Å²) in [5.74, 6) is 0.126. The third kappa shape index (κ3) is 2.94. The number of rotatable bonds is 3. The Balaban J connectivity index is 2.30. The number of aryl methyl sites for hydroxylation is 3. The molecule has 0 radical (unpaired) electrons. The van der Waals surface area contributed by atoms with Crippen LogP contribution in [-0.4, -0.2) is 12.3 Å². The molecule has 102 valence electrons. The van der Waals surface area contributed by atoms with Crippen LogP contribution >= 0.6 is 0 Å². The average molecular weight is 268 g/mol. The summed E-state index contributed by atoms with van der Waals surface area (Å²) in [4.78, 5) is 22.9. The second kappa shape index (κ2) is 5.70. The minimum Gasteiger partial charge on any atom is -0.422 e. The van der Waals surface area contributed by atoms with Gasteiger partial charge in [-0.2, -0.15) is 0 Å². The van der Waals surface area contributed by atoms with Crippen LogP contribution in [0.3, 0.4) is 0 Å². The van der Waals surface area contributed by atoms with Gasteiger partial charge in [0.2, 0.25) is 0 Å². The Morgan fingerprint density at radius 3 is 2.25 bits per heavy atom. The van der Waals surface area contributed by atoms with Crippen molar-refractivity contribution in [2.45, 2.75) is 20.8 Å².